The molecule has 36 heavy (non-hydrogen) atoms. The molecular formula is C27H40N2O5SSi-. The zero-order valence-electron chi connectivity index (χ0n) is 22.1. The Bertz CT molecular complexity index is 1090. The van der Waals surface area contributed by atoms with E-state index >= 15 is 0 Å². The van der Waals surface area contributed by atoms with Crippen molar-refractivity contribution in [1.82, 2.24) is 9.21 Å². The summed E-state index contributed by atoms with van der Waals surface area (Å²) in [6.45, 7) is 12.6. The standard InChI is InChI=1S/C27H40N2O5SSi/c1-27(2,3)36(4,5)34-20-12-15-24-21-28(26(30)33-22-23-13-8-6-9-14-23)18-19-29(24)35(31,32)25-16-10-7-11-17-25/h6-11,13-14,16-17,24H,12,15,18-22H2,1-5H3/q-1/t24-/m0/s1. The Hall–Kier alpha value is -2.20. The highest BCUT2D eigenvalue weighted by molar-refractivity contribution is 7.89. The molecule has 1 atom stereocenters. The summed E-state index contributed by atoms with van der Waals surface area (Å²) in [4.78, 5) is 14.7. The van der Waals surface area contributed by atoms with E-state index in [2.05, 4.69) is 33.9 Å². The predicted molar refractivity (Wildman–Crippen MR) is 145 cm³/mol. The fourth-order valence-corrected chi connectivity index (χ4v) is 6.70. The largest absolute Gasteiger partial charge is 0.565 e. The second kappa shape index (κ2) is 11.9. The van der Waals surface area contributed by atoms with Crippen molar-refractivity contribution in [3.63, 3.8) is 0 Å². The lowest BCUT2D eigenvalue weighted by molar-refractivity contribution is 0.0677. The zero-order valence-corrected chi connectivity index (χ0v) is 24.0. The van der Waals surface area contributed by atoms with Crippen molar-refractivity contribution in [1.29, 1.82) is 0 Å². The van der Waals surface area contributed by atoms with Crippen LogP contribution in [0.15, 0.2) is 65.6 Å². The minimum absolute atomic E-state index is 0.111. The first-order valence-corrected chi connectivity index (χ1v) is 16.9. The lowest BCUT2D eigenvalue weighted by atomic mass is 10.1. The monoisotopic (exact) mass is 532 g/mol. The van der Waals surface area contributed by atoms with E-state index in [1.807, 2.05) is 30.3 Å². The van der Waals surface area contributed by atoms with E-state index in [-0.39, 0.29) is 35.7 Å². The topological polar surface area (TPSA) is 76.2 Å². The Labute approximate surface area is 217 Å². The van der Waals surface area contributed by atoms with Gasteiger partial charge in [0.25, 0.3) is 0 Å². The molecule has 2 aromatic rings. The van der Waals surface area contributed by atoms with Crippen LogP contribution in [0.2, 0.25) is 18.1 Å². The predicted octanol–water partition coefficient (Wildman–Crippen LogP) is 5.50. The number of carbonyl (C=O) groups excluding carboxylic acids is 1. The van der Waals surface area contributed by atoms with Gasteiger partial charge in [-0.1, -0.05) is 69.3 Å². The molecule has 1 heterocycles. The molecule has 1 amide bonds. The molecule has 3 rings (SSSR count). The molecule has 0 bridgehead atoms. The average Bonchev–Trinajstić information content (AvgIpc) is 2.85. The Balaban J connectivity index is 1.69. The molecule has 0 aliphatic carbocycles. The van der Waals surface area contributed by atoms with Crippen LogP contribution >= 0.6 is 0 Å². The molecule has 1 fully saturated rings. The van der Waals surface area contributed by atoms with Gasteiger partial charge in [0.15, 0.2) is 0 Å². The number of benzene rings is 2. The lowest BCUT2D eigenvalue weighted by Crippen LogP contribution is -2.56. The number of nitrogens with zero attached hydrogens (tertiary/aromatic N) is 2. The molecule has 0 N–H and O–H groups in total. The van der Waals surface area contributed by atoms with Gasteiger partial charge in [-0.3, -0.25) is 0 Å². The summed E-state index contributed by atoms with van der Waals surface area (Å²) < 4.78 is 40.3. The molecule has 1 aliphatic rings. The summed E-state index contributed by atoms with van der Waals surface area (Å²) in [5.74, 6) is 0. The highest BCUT2D eigenvalue weighted by Gasteiger charge is 2.37. The molecule has 1 aliphatic heterocycles. The van der Waals surface area contributed by atoms with E-state index in [1.165, 1.54) is 0 Å². The summed E-state index contributed by atoms with van der Waals surface area (Å²) in [6, 6.07) is 17.7. The quantitative estimate of drug-likeness (QED) is 0.315. The second-order valence-corrected chi connectivity index (χ2v) is 17.5. The van der Waals surface area contributed by atoms with Crippen LogP contribution in [-0.2, 0) is 25.8 Å². The van der Waals surface area contributed by atoms with Crippen molar-refractivity contribution >= 4 is 24.4 Å². The average molecular weight is 533 g/mol. The van der Waals surface area contributed by atoms with Crippen LogP contribution in [0.4, 0.5) is 4.79 Å². The Morgan fingerprint density at radius 2 is 1.61 bits per heavy atom. The van der Waals surface area contributed by atoms with E-state index in [0.29, 0.717) is 26.0 Å². The molecule has 0 aromatic heterocycles. The highest BCUT2D eigenvalue weighted by Crippen LogP contribution is 2.36. The number of hydrogen-bond donors (Lipinski definition) is 0. The molecule has 2 aromatic carbocycles. The van der Waals surface area contributed by atoms with E-state index in [0.717, 1.165) is 5.56 Å². The van der Waals surface area contributed by atoms with Gasteiger partial charge < -0.3 is 14.1 Å². The summed E-state index contributed by atoms with van der Waals surface area (Å²) in [7, 11) is -5.57. The van der Waals surface area contributed by atoms with E-state index in [9.17, 15) is 13.2 Å². The molecular weight excluding hydrogens is 492 g/mol. The Morgan fingerprint density at radius 1 is 1.00 bits per heavy atom. The van der Waals surface area contributed by atoms with Gasteiger partial charge in [-0.25, -0.2) is 13.2 Å². The van der Waals surface area contributed by atoms with Gasteiger partial charge in [0.05, 0.1) is 4.90 Å². The van der Waals surface area contributed by atoms with Gasteiger partial charge in [0, 0.05) is 32.3 Å². The van der Waals surface area contributed by atoms with Crippen LogP contribution in [0.3, 0.4) is 0 Å². The number of piperazine rings is 1. The van der Waals surface area contributed by atoms with E-state index in [4.69, 9.17) is 9.16 Å². The maximum absolute atomic E-state index is 13.5. The van der Waals surface area contributed by atoms with Crippen molar-refractivity contribution in [2.45, 2.75) is 69.3 Å². The normalized spacial score (nSPS) is 17.7. The summed E-state index contributed by atoms with van der Waals surface area (Å²) in [6.07, 6.45) is 0.895. The van der Waals surface area contributed by atoms with Crippen LogP contribution in [-0.4, -0.2) is 64.3 Å². The number of rotatable bonds is 9. The number of ether oxygens (including phenoxy) is 1. The fourth-order valence-electron chi connectivity index (χ4n) is 3.96. The van der Waals surface area contributed by atoms with Crippen LogP contribution in [0.1, 0.15) is 39.2 Å². The number of sulfonamides is 1. The van der Waals surface area contributed by atoms with Crippen molar-refractivity contribution < 1.29 is 22.4 Å². The first kappa shape index (κ1) is 28.4. The van der Waals surface area contributed by atoms with Crippen LogP contribution in [0.25, 0.3) is 0 Å². The van der Waals surface area contributed by atoms with Crippen LogP contribution in [0, 0.1) is 0 Å². The smallest absolute Gasteiger partial charge is 0.410 e. The third kappa shape index (κ3) is 7.18. The summed E-state index contributed by atoms with van der Waals surface area (Å²) in [5.41, 5.74) is 0.912. The van der Waals surface area contributed by atoms with Crippen LogP contribution in [0.5, 0.6) is 0 Å². The molecule has 0 unspecified atom stereocenters. The lowest BCUT2D eigenvalue weighted by Gasteiger charge is -2.48. The molecule has 199 valence electrons. The zero-order chi connectivity index (χ0) is 26.4. The van der Waals surface area contributed by atoms with Crippen LogP contribution < -0.4 is 0 Å². The Kier molecular flexibility index (Phi) is 9.37. The van der Waals surface area contributed by atoms with Crippen molar-refractivity contribution in [2.75, 3.05) is 26.2 Å². The molecule has 0 saturated carbocycles. The highest BCUT2D eigenvalue weighted by atomic mass is 32.2. The minimum atomic E-state index is -3.68. The maximum Gasteiger partial charge on any atom is 0.410 e. The van der Waals surface area contributed by atoms with Gasteiger partial charge in [-0.05, 0) is 38.9 Å². The summed E-state index contributed by atoms with van der Waals surface area (Å²) >= 11 is 0. The minimum Gasteiger partial charge on any atom is -0.565 e. The van der Waals surface area contributed by atoms with E-state index in [1.54, 1.807) is 39.5 Å². The van der Waals surface area contributed by atoms with Gasteiger partial charge in [-0.2, -0.15) is 4.31 Å². The van der Waals surface area contributed by atoms with Gasteiger partial charge in [0.1, 0.15) is 6.61 Å². The number of carbonyl (C=O) groups is 1. The second-order valence-electron chi connectivity index (χ2n) is 10.8. The van der Waals surface area contributed by atoms with Gasteiger partial charge in [0.2, 0.25) is 10.0 Å². The Morgan fingerprint density at radius 3 is 2.22 bits per heavy atom. The van der Waals surface area contributed by atoms with Crippen molar-refractivity contribution in [2.24, 2.45) is 0 Å². The molecule has 1 saturated heterocycles. The maximum atomic E-state index is 13.5. The molecule has 7 nitrogen and oxygen atoms in total. The molecule has 0 radical (unpaired) electrons. The van der Waals surface area contributed by atoms with Crippen molar-refractivity contribution in [3.8, 4) is 0 Å². The van der Waals surface area contributed by atoms with E-state index < -0.39 is 24.4 Å². The third-order valence-electron chi connectivity index (χ3n) is 7.19. The fraction of sp³-hybridized carbons (Fsp3) is 0.519. The van der Waals surface area contributed by atoms with Gasteiger partial charge >= 0.3 is 6.09 Å². The first-order chi connectivity index (χ1) is 16.9. The number of hydrogen-bond acceptors (Lipinski definition) is 5. The van der Waals surface area contributed by atoms with Gasteiger partial charge in [-0.15, -0.1) is 18.1 Å². The molecule has 9 heteroatoms. The molecule has 0 spiro atoms. The first-order valence-electron chi connectivity index (χ1n) is 12.6. The summed E-state index contributed by atoms with van der Waals surface area (Å²) in [5, 5.41) is 0.111. The SMILES string of the molecule is CC(C)(C)[Si-](C)(C)OCCC[C@H]1CN(C(=O)OCc2ccccc2)CCN1S(=O)(=O)c1ccccc1. The van der Waals surface area contributed by atoms with Crippen molar-refractivity contribution in [3.05, 3.63) is 66.2 Å². The third-order valence-corrected chi connectivity index (χ3v) is 13.7. The number of amides is 1.